The van der Waals surface area contributed by atoms with Gasteiger partial charge in [-0.2, -0.15) is 0 Å². The van der Waals surface area contributed by atoms with Gasteiger partial charge in [-0.05, 0) is 49.4 Å². The first-order valence-electron chi connectivity index (χ1n) is 7.75. The molecule has 1 aromatic carbocycles. The van der Waals surface area contributed by atoms with Gasteiger partial charge in [-0.25, -0.2) is 0 Å². The SMILES string of the molecule is CCCNC(Cc1ccc(Br)cc1)CC1CCCC1. The second-order valence-corrected chi connectivity index (χ2v) is 6.78. The van der Waals surface area contributed by atoms with Crippen LogP contribution in [0.2, 0.25) is 0 Å². The Morgan fingerprint density at radius 3 is 2.53 bits per heavy atom. The maximum atomic E-state index is 3.75. The van der Waals surface area contributed by atoms with Crippen molar-refractivity contribution in [2.24, 2.45) is 5.92 Å². The van der Waals surface area contributed by atoms with E-state index >= 15 is 0 Å². The predicted octanol–water partition coefficient (Wildman–Crippen LogP) is 4.94. The molecule has 2 heteroatoms. The Balaban J connectivity index is 1.89. The van der Waals surface area contributed by atoms with Gasteiger partial charge in [-0.3, -0.25) is 0 Å². The summed E-state index contributed by atoms with van der Waals surface area (Å²) < 4.78 is 1.17. The molecule has 0 aromatic heterocycles. The lowest BCUT2D eigenvalue weighted by atomic mass is 9.94. The summed E-state index contributed by atoms with van der Waals surface area (Å²) in [6.07, 6.45) is 9.55. The van der Waals surface area contributed by atoms with Gasteiger partial charge in [0.25, 0.3) is 0 Å². The van der Waals surface area contributed by atoms with E-state index in [-0.39, 0.29) is 0 Å². The van der Waals surface area contributed by atoms with E-state index in [0.29, 0.717) is 6.04 Å². The van der Waals surface area contributed by atoms with Gasteiger partial charge in [-0.1, -0.05) is 60.7 Å². The molecule has 0 aliphatic heterocycles. The van der Waals surface area contributed by atoms with E-state index in [0.717, 1.165) is 12.5 Å². The summed E-state index contributed by atoms with van der Waals surface area (Å²) in [6.45, 7) is 3.40. The smallest absolute Gasteiger partial charge is 0.0175 e. The molecule has 1 fully saturated rings. The second kappa shape index (κ2) is 8.06. The number of halogens is 1. The van der Waals surface area contributed by atoms with Crippen molar-refractivity contribution < 1.29 is 0 Å². The summed E-state index contributed by atoms with van der Waals surface area (Å²) in [7, 11) is 0. The molecule has 1 saturated carbocycles. The fourth-order valence-electron chi connectivity index (χ4n) is 3.14. The standard InChI is InChI=1S/C17H26BrN/c1-2-11-19-17(12-14-5-3-4-6-14)13-15-7-9-16(18)10-8-15/h7-10,14,17,19H,2-6,11-13H2,1H3. The zero-order valence-electron chi connectivity index (χ0n) is 12.0. The van der Waals surface area contributed by atoms with Crippen molar-refractivity contribution in [3.63, 3.8) is 0 Å². The first-order chi connectivity index (χ1) is 9.28. The van der Waals surface area contributed by atoms with Crippen LogP contribution in [0, 0.1) is 5.92 Å². The lowest BCUT2D eigenvalue weighted by Gasteiger charge is -2.22. The van der Waals surface area contributed by atoms with E-state index in [1.54, 1.807) is 0 Å². The van der Waals surface area contributed by atoms with E-state index in [9.17, 15) is 0 Å². The highest BCUT2D eigenvalue weighted by Gasteiger charge is 2.20. The van der Waals surface area contributed by atoms with Gasteiger partial charge >= 0.3 is 0 Å². The summed E-state index contributed by atoms with van der Waals surface area (Å²) in [5.41, 5.74) is 1.45. The predicted molar refractivity (Wildman–Crippen MR) is 86.5 cm³/mol. The van der Waals surface area contributed by atoms with Gasteiger partial charge in [-0.15, -0.1) is 0 Å². The number of rotatable bonds is 7. The number of hydrogen-bond acceptors (Lipinski definition) is 1. The van der Waals surface area contributed by atoms with Gasteiger partial charge in [0.15, 0.2) is 0 Å². The molecule has 1 N–H and O–H groups in total. The molecule has 0 bridgehead atoms. The second-order valence-electron chi connectivity index (χ2n) is 5.87. The van der Waals surface area contributed by atoms with Crippen molar-refractivity contribution >= 4 is 15.9 Å². The summed E-state index contributed by atoms with van der Waals surface area (Å²) in [5, 5.41) is 3.75. The van der Waals surface area contributed by atoms with Gasteiger partial charge in [0.05, 0.1) is 0 Å². The molecule has 0 radical (unpaired) electrons. The third-order valence-corrected chi connectivity index (χ3v) is 4.70. The van der Waals surface area contributed by atoms with Crippen molar-refractivity contribution in [2.75, 3.05) is 6.54 Å². The Hall–Kier alpha value is -0.340. The minimum atomic E-state index is 0.657. The molecule has 1 aromatic rings. The maximum absolute atomic E-state index is 3.75. The minimum Gasteiger partial charge on any atom is -0.314 e. The van der Waals surface area contributed by atoms with Gasteiger partial charge in [0.2, 0.25) is 0 Å². The Morgan fingerprint density at radius 2 is 1.89 bits per heavy atom. The molecule has 1 unspecified atom stereocenters. The van der Waals surface area contributed by atoms with Gasteiger partial charge in [0, 0.05) is 10.5 Å². The molecule has 1 aliphatic carbocycles. The fourth-order valence-corrected chi connectivity index (χ4v) is 3.41. The quantitative estimate of drug-likeness (QED) is 0.749. The summed E-state index contributed by atoms with van der Waals surface area (Å²) in [6, 6.07) is 9.46. The summed E-state index contributed by atoms with van der Waals surface area (Å²) in [4.78, 5) is 0. The molecule has 0 spiro atoms. The van der Waals surface area contributed by atoms with Crippen molar-refractivity contribution in [2.45, 2.75) is 57.9 Å². The third-order valence-electron chi connectivity index (χ3n) is 4.17. The third kappa shape index (κ3) is 5.27. The minimum absolute atomic E-state index is 0.657. The van der Waals surface area contributed by atoms with Crippen LogP contribution >= 0.6 is 15.9 Å². The molecule has 1 nitrogen and oxygen atoms in total. The van der Waals surface area contributed by atoms with Crippen LogP contribution in [0.15, 0.2) is 28.7 Å². The molecule has 1 aliphatic rings. The first kappa shape index (κ1) is 15.1. The molecule has 1 atom stereocenters. The van der Waals surface area contributed by atoms with Crippen molar-refractivity contribution in [1.82, 2.24) is 5.32 Å². The highest BCUT2D eigenvalue weighted by molar-refractivity contribution is 9.10. The zero-order chi connectivity index (χ0) is 13.5. The summed E-state index contributed by atoms with van der Waals surface area (Å²) >= 11 is 3.51. The van der Waals surface area contributed by atoms with E-state index in [1.165, 1.54) is 55.0 Å². The first-order valence-corrected chi connectivity index (χ1v) is 8.55. The number of nitrogens with one attached hydrogen (secondary N) is 1. The Kier molecular flexibility index (Phi) is 6.39. The van der Waals surface area contributed by atoms with Crippen LogP contribution in [0.25, 0.3) is 0 Å². The molecular formula is C17H26BrN. The van der Waals surface area contributed by atoms with Gasteiger partial charge in [0.1, 0.15) is 0 Å². The van der Waals surface area contributed by atoms with E-state index < -0.39 is 0 Å². The zero-order valence-corrected chi connectivity index (χ0v) is 13.6. The van der Waals surface area contributed by atoms with Crippen LogP contribution in [0.1, 0.15) is 51.0 Å². The molecule has 0 heterocycles. The van der Waals surface area contributed by atoms with E-state index in [2.05, 4.69) is 52.4 Å². The highest BCUT2D eigenvalue weighted by atomic mass is 79.9. The topological polar surface area (TPSA) is 12.0 Å². The van der Waals surface area contributed by atoms with E-state index in [1.807, 2.05) is 0 Å². The Labute approximate surface area is 126 Å². The lowest BCUT2D eigenvalue weighted by Crippen LogP contribution is -2.33. The largest absolute Gasteiger partial charge is 0.314 e. The van der Waals surface area contributed by atoms with Crippen LogP contribution in [0.4, 0.5) is 0 Å². The molecule has 0 saturated heterocycles. The van der Waals surface area contributed by atoms with Crippen molar-refractivity contribution in [3.8, 4) is 0 Å². The average Bonchev–Trinajstić information content (AvgIpc) is 2.91. The normalized spacial score (nSPS) is 17.8. The number of benzene rings is 1. The highest BCUT2D eigenvalue weighted by Crippen LogP contribution is 2.29. The maximum Gasteiger partial charge on any atom is 0.0175 e. The van der Waals surface area contributed by atoms with Crippen molar-refractivity contribution in [3.05, 3.63) is 34.3 Å². The number of hydrogen-bond donors (Lipinski definition) is 1. The van der Waals surface area contributed by atoms with Crippen LogP contribution in [0.5, 0.6) is 0 Å². The van der Waals surface area contributed by atoms with Crippen molar-refractivity contribution in [1.29, 1.82) is 0 Å². The van der Waals surface area contributed by atoms with Crippen LogP contribution < -0.4 is 5.32 Å². The van der Waals surface area contributed by atoms with Crippen LogP contribution in [-0.4, -0.2) is 12.6 Å². The molecular weight excluding hydrogens is 298 g/mol. The Morgan fingerprint density at radius 1 is 1.21 bits per heavy atom. The molecule has 0 amide bonds. The van der Waals surface area contributed by atoms with E-state index in [4.69, 9.17) is 0 Å². The van der Waals surface area contributed by atoms with Crippen LogP contribution in [0.3, 0.4) is 0 Å². The molecule has 106 valence electrons. The molecule has 2 rings (SSSR count). The van der Waals surface area contributed by atoms with Crippen LogP contribution in [-0.2, 0) is 6.42 Å². The fraction of sp³-hybridized carbons (Fsp3) is 0.647. The average molecular weight is 324 g/mol. The monoisotopic (exact) mass is 323 g/mol. The Bertz CT molecular complexity index is 354. The summed E-state index contributed by atoms with van der Waals surface area (Å²) in [5.74, 6) is 0.963. The lowest BCUT2D eigenvalue weighted by molar-refractivity contribution is 0.385. The van der Waals surface area contributed by atoms with Gasteiger partial charge < -0.3 is 5.32 Å². The molecule has 19 heavy (non-hydrogen) atoms.